The first-order chi connectivity index (χ1) is 8.11. The van der Waals surface area contributed by atoms with Crippen LogP contribution in [0.15, 0.2) is 24.4 Å². The molecule has 0 spiro atoms. The van der Waals surface area contributed by atoms with Crippen LogP contribution >= 0.6 is 0 Å². The van der Waals surface area contributed by atoms with Crippen molar-refractivity contribution in [3.8, 4) is 5.75 Å². The predicted molar refractivity (Wildman–Crippen MR) is 63.4 cm³/mol. The highest BCUT2D eigenvalue weighted by atomic mass is 19.1. The Morgan fingerprint density at radius 3 is 2.94 bits per heavy atom. The minimum atomic E-state index is -0.337. The van der Waals surface area contributed by atoms with Crippen LogP contribution in [0, 0.1) is 5.82 Å². The first kappa shape index (κ1) is 11.6. The zero-order chi connectivity index (χ0) is 12.4. The minimum absolute atomic E-state index is 0.288. The van der Waals surface area contributed by atoms with Gasteiger partial charge in [0.15, 0.2) is 5.75 Å². The summed E-state index contributed by atoms with van der Waals surface area (Å²) in [4.78, 5) is 11.4. The number of hydrogen-bond donors (Lipinski definition) is 0. The van der Waals surface area contributed by atoms with E-state index in [1.807, 2.05) is 18.5 Å². The number of fused-ring (bicyclic) bond motifs is 1. The Morgan fingerprint density at radius 1 is 1.47 bits per heavy atom. The summed E-state index contributed by atoms with van der Waals surface area (Å²) < 4.78 is 20.2. The summed E-state index contributed by atoms with van der Waals surface area (Å²) >= 11 is 0. The maximum atomic E-state index is 13.2. The monoisotopic (exact) mass is 235 g/mol. The Bertz CT molecular complexity index is 560. The molecule has 0 unspecified atom stereocenters. The number of hydrogen-bond acceptors (Lipinski definition) is 2. The highest BCUT2D eigenvalue weighted by molar-refractivity contribution is 5.89. The van der Waals surface area contributed by atoms with Crippen molar-refractivity contribution in [2.75, 3.05) is 0 Å². The van der Waals surface area contributed by atoms with E-state index in [0.29, 0.717) is 17.6 Å². The van der Waals surface area contributed by atoms with Crippen molar-refractivity contribution in [1.29, 1.82) is 0 Å². The molecule has 0 aliphatic rings. The lowest BCUT2D eigenvalue weighted by molar-refractivity contribution is -0.134. The van der Waals surface area contributed by atoms with Crippen LogP contribution < -0.4 is 4.74 Å². The van der Waals surface area contributed by atoms with E-state index < -0.39 is 0 Å². The third-order valence-corrected chi connectivity index (χ3v) is 2.59. The van der Waals surface area contributed by atoms with Crippen LogP contribution in [-0.4, -0.2) is 10.5 Å². The van der Waals surface area contributed by atoms with Gasteiger partial charge in [0.2, 0.25) is 0 Å². The number of nitrogens with zero attached hydrogens (tertiary/aromatic N) is 1. The third-order valence-electron chi connectivity index (χ3n) is 2.59. The molecule has 2 rings (SSSR count). The van der Waals surface area contributed by atoms with E-state index >= 15 is 0 Å². The molecular formula is C13H14FNO2. The normalized spacial score (nSPS) is 10.8. The maximum Gasteiger partial charge on any atom is 0.311 e. The molecule has 4 heteroatoms. The number of carbonyl (C=O) groups is 1. The summed E-state index contributed by atoms with van der Waals surface area (Å²) in [5.74, 6) is -0.207. The molecule has 0 bridgehead atoms. The van der Waals surface area contributed by atoms with E-state index in [0.717, 1.165) is 11.9 Å². The molecular weight excluding hydrogens is 221 g/mol. The SMILES string of the molecule is CCCC(=O)Oc1cn(C)c2ccc(F)cc12. The Hall–Kier alpha value is -1.84. The molecule has 90 valence electrons. The molecule has 1 aromatic carbocycles. The van der Waals surface area contributed by atoms with Crippen LogP contribution in [0.2, 0.25) is 0 Å². The van der Waals surface area contributed by atoms with Crippen LogP contribution in [0.3, 0.4) is 0 Å². The van der Waals surface area contributed by atoms with Gasteiger partial charge in [-0.2, -0.15) is 0 Å². The summed E-state index contributed by atoms with van der Waals surface area (Å²) in [7, 11) is 1.83. The first-order valence-electron chi connectivity index (χ1n) is 5.57. The maximum absolute atomic E-state index is 13.2. The largest absolute Gasteiger partial charge is 0.424 e. The average molecular weight is 235 g/mol. The van der Waals surface area contributed by atoms with E-state index in [9.17, 15) is 9.18 Å². The average Bonchev–Trinajstić information content (AvgIpc) is 2.55. The Morgan fingerprint density at radius 2 is 2.24 bits per heavy atom. The van der Waals surface area contributed by atoms with E-state index in [2.05, 4.69) is 0 Å². The number of carbonyl (C=O) groups excluding carboxylic acids is 1. The Labute approximate surface area is 98.8 Å². The number of aromatic nitrogens is 1. The highest BCUT2D eigenvalue weighted by Gasteiger charge is 2.11. The molecule has 2 aromatic rings. The molecule has 0 saturated heterocycles. The molecule has 0 aliphatic heterocycles. The molecule has 0 fully saturated rings. The zero-order valence-electron chi connectivity index (χ0n) is 9.87. The third kappa shape index (κ3) is 2.30. The van der Waals surface area contributed by atoms with E-state index in [-0.39, 0.29) is 11.8 Å². The summed E-state index contributed by atoms with van der Waals surface area (Å²) in [6.07, 6.45) is 2.79. The topological polar surface area (TPSA) is 31.2 Å². The fraction of sp³-hybridized carbons (Fsp3) is 0.308. The molecule has 3 nitrogen and oxygen atoms in total. The summed E-state index contributed by atoms with van der Waals surface area (Å²) in [6, 6.07) is 4.44. The zero-order valence-corrected chi connectivity index (χ0v) is 9.87. The van der Waals surface area contributed by atoms with E-state index in [1.165, 1.54) is 12.1 Å². The highest BCUT2D eigenvalue weighted by Crippen LogP contribution is 2.28. The molecule has 0 amide bonds. The quantitative estimate of drug-likeness (QED) is 0.766. The van der Waals surface area contributed by atoms with Crippen LogP contribution in [0.5, 0.6) is 5.75 Å². The van der Waals surface area contributed by atoms with Gasteiger partial charge in [-0.15, -0.1) is 0 Å². The fourth-order valence-corrected chi connectivity index (χ4v) is 1.79. The summed E-state index contributed by atoms with van der Waals surface area (Å²) in [5, 5.41) is 0.622. The van der Waals surface area contributed by atoms with Crippen LogP contribution in [0.25, 0.3) is 10.9 Å². The van der Waals surface area contributed by atoms with E-state index in [1.54, 1.807) is 12.3 Å². The first-order valence-corrected chi connectivity index (χ1v) is 5.57. The van der Waals surface area contributed by atoms with Gasteiger partial charge in [0.25, 0.3) is 0 Å². The number of aryl methyl sites for hydroxylation is 1. The van der Waals surface area contributed by atoms with Crippen LogP contribution in [0.4, 0.5) is 4.39 Å². The standard InChI is InChI=1S/C13H14FNO2/c1-3-4-13(16)17-12-8-15(2)11-6-5-9(14)7-10(11)12/h5-8H,3-4H2,1-2H3. The van der Waals surface area contributed by atoms with Gasteiger partial charge in [0, 0.05) is 25.1 Å². The van der Waals surface area contributed by atoms with Crippen molar-refractivity contribution < 1.29 is 13.9 Å². The van der Waals surface area contributed by atoms with Gasteiger partial charge in [-0.1, -0.05) is 6.92 Å². The molecule has 1 aromatic heterocycles. The van der Waals surface area contributed by atoms with Gasteiger partial charge in [-0.3, -0.25) is 4.79 Å². The number of rotatable bonds is 3. The van der Waals surface area contributed by atoms with Crippen molar-refractivity contribution >= 4 is 16.9 Å². The molecule has 0 aliphatic carbocycles. The lowest BCUT2D eigenvalue weighted by atomic mass is 10.2. The lowest BCUT2D eigenvalue weighted by Crippen LogP contribution is -2.06. The molecule has 1 heterocycles. The second-order valence-corrected chi connectivity index (χ2v) is 3.99. The number of halogens is 1. The Balaban J connectivity index is 2.40. The van der Waals surface area contributed by atoms with Crippen LogP contribution in [-0.2, 0) is 11.8 Å². The molecule has 0 N–H and O–H groups in total. The second-order valence-electron chi connectivity index (χ2n) is 3.99. The fourth-order valence-electron chi connectivity index (χ4n) is 1.79. The lowest BCUT2D eigenvalue weighted by Gasteiger charge is -2.01. The smallest absolute Gasteiger partial charge is 0.311 e. The summed E-state index contributed by atoms with van der Waals surface area (Å²) in [6.45, 7) is 1.91. The second kappa shape index (κ2) is 4.57. The minimum Gasteiger partial charge on any atom is -0.424 e. The van der Waals surface area contributed by atoms with Gasteiger partial charge in [0.05, 0.1) is 5.52 Å². The number of benzene rings is 1. The summed E-state index contributed by atoms with van der Waals surface area (Å²) in [5.41, 5.74) is 0.839. The predicted octanol–water partition coefficient (Wildman–Crippen LogP) is 3.02. The van der Waals surface area contributed by atoms with Gasteiger partial charge in [-0.05, 0) is 24.6 Å². The van der Waals surface area contributed by atoms with Crippen molar-refractivity contribution in [3.05, 3.63) is 30.2 Å². The van der Waals surface area contributed by atoms with Gasteiger partial charge in [-0.25, -0.2) is 4.39 Å². The number of esters is 1. The van der Waals surface area contributed by atoms with Crippen molar-refractivity contribution in [2.24, 2.45) is 7.05 Å². The number of ether oxygens (including phenoxy) is 1. The van der Waals surface area contributed by atoms with Crippen molar-refractivity contribution in [3.63, 3.8) is 0 Å². The van der Waals surface area contributed by atoms with Crippen LogP contribution in [0.1, 0.15) is 19.8 Å². The van der Waals surface area contributed by atoms with Gasteiger partial charge in [0.1, 0.15) is 5.82 Å². The Kier molecular flexibility index (Phi) is 3.13. The van der Waals surface area contributed by atoms with E-state index in [4.69, 9.17) is 4.74 Å². The van der Waals surface area contributed by atoms with Crippen molar-refractivity contribution in [2.45, 2.75) is 19.8 Å². The van der Waals surface area contributed by atoms with Gasteiger partial charge < -0.3 is 9.30 Å². The molecule has 17 heavy (non-hydrogen) atoms. The molecule has 0 radical (unpaired) electrons. The molecule has 0 saturated carbocycles. The van der Waals surface area contributed by atoms with Crippen molar-refractivity contribution in [1.82, 2.24) is 4.57 Å². The molecule has 0 atom stereocenters. The van der Waals surface area contributed by atoms with Gasteiger partial charge >= 0.3 is 5.97 Å².